The third-order valence-corrected chi connectivity index (χ3v) is 21.5. The van der Waals surface area contributed by atoms with Gasteiger partial charge in [0.25, 0.3) is 5.69 Å². The number of aromatic nitrogens is 8. The molecule has 35 heteroatoms. The van der Waals surface area contributed by atoms with Crippen molar-refractivity contribution in [1.29, 1.82) is 0 Å². The molecule has 4 aliphatic rings. The number of carbonyl (C=O) groups excluding carboxylic acids is 4. The molecule has 120 heavy (non-hydrogen) atoms. The SMILES string of the molecule is CN(C)c1ccc2c(CC(=O)OCc3c[n+](CCCCC4=CC5Cc6[nH+]c7cc(Cl)ccc7c(N)c6C(C4)C5)[nH]n3)cc(=O)oc2c1.COc1cc(CCNCCCCc2cn(CCCCC3=CC4Cc5[nH+]c6cc(Cl)ccc6c(N)c5C(C3)C4)nn2)c(Cc2ccccc2)cc1OC.O=C([O-])C(F)(F)F.O=C([O-])C(F)(F)F.O=C([O-])C(F)(F)F. The summed E-state index contributed by atoms with van der Waals surface area (Å²) in [5.41, 5.74) is 32.7. The van der Waals surface area contributed by atoms with Gasteiger partial charge in [-0.1, -0.05) is 87.3 Å². The van der Waals surface area contributed by atoms with E-state index in [1.54, 1.807) is 25.9 Å². The third-order valence-electron chi connectivity index (χ3n) is 21.0. The van der Waals surface area contributed by atoms with Gasteiger partial charge in [0.1, 0.15) is 30.0 Å². The molecule has 0 fully saturated rings. The number of rotatable bonds is 27. The summed E-state index contributed by atoms with van der Waals surface area (Å²) in [6.45, 7) is 3.65. The molecule has 4 aliphatic carbocycles. The molecule has 640 valence electrons. The van der Waals surface area contributed by atoms with Crippen molar-refractivity contribution in [2.24, 2.45) is 11.8 Å². The number of carboxylic acid groups (broad SMARTS) is 3. The number of nitrogens with zero attached hydrogens (tertiary/aromatic N) is 6. The first-order valence-corrected chi connectivity index (χ1v) is 39.6. The van der Waals surface area contributed by atoms with Gasteiger partial charge in [-0.05, 0) is 204 Å². The number of hydrogen-bond donors (Lipinski definition) is 4. The highest BCUT2D eigenvalue weighted by Crippen LogP contribution is 2.49. The number of alkyl halides is 9. The van der Waals surface area contributed by atoms with E-state index in [4.69, 9.17) is 83.0 Å². The average Bonchev–Trinajstić information content (AvgIpc) is 0.817. The Hall–Kier alpha value is -11.3. The number of hydrogen-bond acceptors (Lipinski definition) is 19. The van der Waals surface area contributed by atoms with Crippen LogP contribution < -0.4 is 66.8 Å². The lowest BCUT2D eigenvalue weighted by molar-refractivity contribution is -0.754. The van der Waals surface area contributed by atoms with E-state index < -0.39 is 48.0 Å². The highest BCUT2D eigenvalue weighted by molar-refractivity contribution is 6.31. The molecular weight excluding hydrogens is 1620 g/mol. The normalized spacial score (nSPS) is 15.8. The van der Waals surface area contributed by atoms with E-state index in [-0.39, 0.29) is 13.0 Å². The van der Waals surface area contributed by atoms with Crippen LogP contribution in [0.5, 0.6) is 11.5 Å². The van der Waals surface area contributed by atoms with Gasteiger partial charge in [0.15, 0.2) is 35.7 Å². The number of carbonyl (C=O) groups is 4. The smallest absolute Gasteiger partial charge is 0.430 e. The fourth-order valence-corrected chi connectivity index (χ4v) is 15.9. The number of ether oxygens (including phenoxy) is 3. The molecule has 0 aliphatic heterocycles. The molecule has 4 bridgehead atoms. The predicted octanol–water partition coefficient (Wildman–Crippen LogP) is 11.2. The van der Waals surface area contributed by atoms with Gasteiger partial charge in [0.05, 0.1) is 48.5 Å². The van der Waals surface area contributed by atoms with Gasteiger partial charge < -0.3 is 70.0 Å². The third kappa shape index (κ3) is 25.4. The Morgan fingerprint density at radius 1 is 0.642 bits per heavy atom. The number of nitrogens with two attached hydrogens (primary N) is 2. The molecule has 0 saturated carbocycles. The maximum atomic E-state index is 12.7. The van der Waals surface area contributed by atoms with Crippen LogP contribution in [0.15, 0.2) is 148 Å². The number of carboxylic acids is 3. The first kappa shape index (κ1) is 91.0. The second-order valence-corrected chi connectivity index (χ2v) is 30.8. The first-order valence-electron chi connectivity index (χ1n) is 38.8. The molecule has 5 aromatic carbocycles. The molecule has 8 N–H and O–H groups in total. The van der Waals surface area contributed by atoms with Crippen molar-refractivity contribution in [3.8, 4) is 11.5 Å². The average molecular weight is 1710 g/mol. The molecule has 4 unspecified atom stereocenters. The standard InChI is InChI=1S/C43H51ClN6O2.C36H37ClN6O4.3C2HF3O2/c1-51-40-25-32(33(26-41(40)52-2)21-29-10-4-3-5-11-29)16-18-46-17-8-6-13-36-28-50(49-48-36)19-9-7-12-30-20-31-23-34(22-30)42-39(24-31)47-38-27-35(44)14-15-37(38)43(42)45;1-42(2)27-7-9-28-23(16-34(45)47-32(28)18-27)15-33(44)46-20-26-19-43(41-40-26)10-4-3-5-21-11-22-13-24(12-21)35-31(14-22)39-30-17-25(37)6-8-29(30)36(35)38;3*3-2(4,5)1(6)7/h3-5,10-11,14-15,20,25-28,31,34,46H,6-9,12-13,16-19,21-24H2,1-2H3,(H2,45,47);6-9,11,16-19,22,24H,3-5,10,12-15,20H2,1-2H3,(H2,38,39);3*(H,6,7). The minimum absolute atomic E-state index is 0.0344. The molecule has 0 spiro atoms. The maximum absolute atomic E-state index is 12.7. The Kier molecular flexibility index (Phi) is 31.2. The number of benzene rings is 5. The number of aromatic amines is 3. The van der Waals surface area contributed by atoms with Crippen LogP contribution in [0.25, 0.3) is 32.8 Å². The van der Waals surface area contributed by atoms with E-state index in [1.807, 2.05) is 77.0 Å². The van der Waals surface area contributed by atoms with Crippen molar-refractivity contribution in [2.75, 3.05) is 57.8 Å². The van der Waals surface area contributed by atoms with Crippen molar-refractivity contribution >= 4 is 96.9 Å². The van der Waals surface area contributed by atoms with Crippen molar-refractivity contribution in [1.82, 2.24) is 30.6 Å². The lowest BCUT2D eigenvalue weighted by Gasteiger charge is -2.34. The molecule has 0 radical (unpaired) electrons. The van der Waals surface area contributed by atoms with Gasteiger partial charge in [-0.25, -0.2) is 14.8 Å². The molecular formula is C85H91Cl2F9N12O12. The number of H-pyrrole nitrogens is 3. The number of fused-ring (bicyclic) bond motifs is 11. The van der Waals surface area contributed by atoms with Crippen LogP contribution in [-0.4, -0.2) is 109 Å². The quantitative estimate of drug-likeness (QED) is 0.00928. The Balaban J connectivity index is 0.000000204. The van der Waals surface area contributed by atoms with Gasteiger partial charge in [0.2, 0.25) is 11.0 Å². The van der Waals surface area contributed by atoms with Crippen molar-refractivity contribution in [3.05, 3.63) is 215 Å². The van der Waals surface area contributed by atoms with Gasteiger partial charge in [-0.2, -0.15) is 44.2 Å². The van der Waals surface area contributed by atoms with Crippen LogP contribution in [0.1, 0.15) is 145 Å². The number of aryl methyl sites for hydroxylation is 3. The van der Waals surface area contributed by atoms with Crippen molar-refractivity contribution in [3.63, 3.8) is 0 Å². The molecule has 10 aromatic rings. The number of anilines is 3. The van der Waals surface area contributed by atoms with Crippen molar-refractivity contribution < 1.29 is 107 Å². The second kappa shape index (κ2) is 41.1. The zero-order chi connectivity index (χ0) is 86.8. The largest absolute Gasteiger partial charge is 0.542 e. The van der Waals surface area contributed by atoms with Gasteiger partial charge in [0, 0.05) is 101 Å². The Bertz CT molecular complexity index is 5350. The van der Waals surface area contributed by atoms with E-state index >= 15 is 0 Å². The molecule has 4 atom stereocenters. The fourth-order valence-electron chi connectivity index (χ4n) is 15.6. The Labute approximate surface area is 693 Å². The monoisotopic (exact) mass is 1710 g/mol. The molecule has 14 rings (SSSR count). The number of aliphatic carboxylic acids is 3. The number of allylic oxidation sites excluding steroid dienone is 4. The highest BCUT2D eigenvalue weighted by atomic mass is 35.5. The summed E-state index contributed by atoms with van der Waals surface area (Å²) in [6.07, 6.45) is 11.4. The fraction of sp³-hybridized carbons (Fsp3) is 0.400. The number of esters is 1. The first-order chi connectivity index (χ1) is 57.0. The van der Waals surface area contributed by atoms with Crippen LogP contribution in [0.3, 0.4) is 0 Å². The van der Waals surface area contributed by atoms with Gasteiger partial charge in [-0.3, -0.25) is 9.48 Å². The summed E-state index contributed by atoms with van der Waals surface area (Å²) in [6, 6.07) is 33.6. The summed E-state index contributed by atoms with van der Waals surface area (Å²) in [7, 11) is 7.21. The lowest BCUT2D eigenvalue weighted by Crippen LogP contribution is -2.37. The number of halogens is 11. The summed E-state index contributed by atoms with van der Waals surface area (Å²) < 4.78 is 121. The number of unbranched alkanes of at least 4 members (excludes halogenated alkanes) is 3. The maximum Gasteiger partial charge on any atom is 0.430 e. The number of methoxy groups -OCH3 is 2. The van der Waals surface area contributed by atoms with Gasteiger partial charge in [-0.15, -0.1) is 5.10 Å². The van der Waals surface area contributed by atoms with Gasteiger partial charge >= 0.3 is 30.1 Å². The van der Waals surface area contributed by atoms with E-state index in [9.17, 15) is 49.1 Å². The number of nitrogen functional groups attached to an aromatic ring is 2. The van der Waals surface area contributed by atoms with Crippen molar-refractivity contribution in [2.45, 2.75) is 166 Å². The summed E-state index contributed by atoms with van der Waals surface area (Å²) in [5.74, 6) is -5.85. The molecule has 24 nitrogen and oxygen atoms in total. The number of nitrogens with one attached hydrogen (secondary N) is 4. The number of pyridine rings is 2. The minimum atomic E-state index is -5.19. The summed E-state index contributed by atoms with van der Waals surface area (Å²) in [5, 5.41) is 50.5. The van der Waals surface area contributed by atoms with Crippen LogP contribution in [-0.2, 0) is 82.1 Å². The zero-order valence-electron chi connectivity index (χ0n) is 66.1. The summed E-state index contributed by atoms with van der Waals surface area (Å²) >= 11 is 12.5. The zero-order valence-corrected chi connectivity index (χ0v) is 67.6. The molecule has 0 amide bonds. The van der Waals surface area contributed by atoms with E-state index in [2.05, 4.69) is 103 Å². The lowest BCUT2D eigenvalue weighted by atomic mass is 9.70. The topological polar surface area (TPSA) is 354 Å². The molecule has 0 saturated heterocycles. The Morgan fingerprint density at radius 3 is 1.72 bits per heavy atom. The van der Waals surface area contributed by atoms with Crippen LogP contribution in [0.2, 0.25) is 10.0 Å². The summed E-state index contributed by atoms with van der Waals surface area (Å²) in [4.78, 5) is 60.4. The van der Waals surface area contributed by atoms with E-state index in [0.717, 1.165) is 190 Å². The van der Waals surface area contributed by atoms with E-state index in [0.29, 0.717) is 50.9 Å². The molecule has 5 aromatic heterocycles. The van der Waals surface area contributed by atoms with Crippen LogP contribution in [0.4, 0.5) is 56.6 Å². The highest BCUT2D eigenvalue weighted by Gasteiger charge is 2.39. The second-order valence-electron chi connectivity index (χ2n) is 30.0. The molecule has 5 heterocycles. The minimum Gasteiger partial charge on any atom is -0.542 e. The van der Waals surface area contributed by atoms with Crippen LogP contribution >= 0.6 is 23.2 Å². The Morgan fingerprint density at radius 2 is 1.18 bits per heavy atom. The van der Waals surface area contributed by atoms with Crippen LogP contribution in [0, 0.1) is 11.8 Å². The predicted molar refractivity (Wildman–Crippen MR) is 423 cm³/mol. The van der Waals surface area contributed by atoms with E-state index in [1.165, 1.54) is 57.3 Å².